The smallest absolute Gasteiger partial charge is 0.473 e. The van der Waals surface area contributed by atoms with Crippen LogP contribution >= 0.6 is 0 Å². The van der Waals surface area contributed by atoms with Gasteiger partial charge >= 0.3 is 6.36 Å². The molecule has 1 heterocycles. The normalized spacial score (nSPS) is 11.5. The van der Waals surface area contributed by atoms with E-state index >= 15 is 0 Å². The van der Waals surface area contributed by atoms with Crippen LogP contribution in [0.25, 0.3) is 0 Å². The van der Waals surface area contributed by atoms with Crippen LogP contribution in [0.4, 0.5) is 18.9 Å². The number of aromatic nitrogens is 1. The molecule has 130 valence electrons. The van der Waals surface area contributed by atoms with Gasteiger partial charge in [0.2, 0.25) is 5.88 Å². The highest BCUT2D eigenvalue weighted by molar-refractivity contribution is 5.57. The van der Waals surface area contributed by atoms with Gasteiger partial charge in [0.15, 0.2) is 0 Å². The summed E-state index contributed by atoms with van der Waals surface area (Å²) in [7, 11) is 1.62. The third kappa shape index (κ3) is 4.78. The number of nitrogens with zero attached hydrogens (tertiary/aromatic N) is 1. The summed E-state index contributed by atoms with van der Waals surface area (Å²) in [4.78, 5) is 4.34. The van der Waals surface area contributed by atoms with E-state index in [2.05, 4.69) is 15.0 Å². The van der Waals surface area contributed by atoms with Crippen molar-refractivity contribution < 1.29 is 22.6 Å². The SMILES string of the molecule is CNc1cccc(OC(F)(F)F)c1COc1cccc(C(C)C)n1. The molecule has 0 aliphatic rings. The maximum Gasteiger partial charge on any atom is 0.573 e. The van der Waals surface area contributed by atoms with Gasteiger partial charge in [0.25, 0.3) is 0 Å². The summed E-state index contributed by atoms with van der Waals surface area (Å²) in [6, 6.07) is 9.73. The van der Waals surface area contributed by atoms with E-state index in [1.807, 2.05) is 19.9 Å². The third-order valence-electron chi connectivity index (χ3n) is 3.33. The molecule has 1 N–H and O–H groups in total. The standard InChI is InChI=1S/C17H19F3N2O2/c1-11(2)13-6-5-9-16(22-13)23-10-12-14(21-3)7-4-8-15(12)24-17(18,19)20/h4-9,11,21H,10H2,1-3H3. The second-order valence-corrected chi connectivity index (χ2v) is 5.42. The zero-order valence-corrected chi connectivity index (χ0v) is 13.6. The van der Waals surface area contributed by atoms with Gasteiger partial charge in [-0.3, -0.25) is 0 Å². The van der Waals surface area contributed by atoms with Crippen molar-refractivity contribution in [1.29, 1.82) is 0 Å². The third-order valence-corrected chi connectivity index (χ3v) is 3.33. The van der Waals surface area contributed by atoms with E-state index < -0.39 is 6.36 Å². The van der Waals surface area contributed by atoms with Crippen LogP contribution < -0.4 is 14.8 Å². The number of alkyl halides is 3. The van der Waals surface area contributed by atoms with Gasteiger partial charge in [0.05, 0.1) is 5.56 Å². The van der Waals surface area contributed by atoms with Crippen LogP contribution in [-0.4, -0.2) is 18.4 Å². The number of halogens is 3. The lowest BCUT2D eigenvalue weighted by Gasteiger charge is -2.17. The van der Waals surface area contributed by atoms with Gasteiger partial charge in [0.1, 0.15) is 12.4 Å². The molecule has 0 spiro atoms. The number of pyridine rings is 1. The van der Waals surface area contributed by atoms with Crippen LogP contribution in [0.1, 0.15) is 31.0 Å². The summed E-state index contributed by atoms with van der Waals surface area (Å²) in [6.45, 7) is 3.90. The van der Waals surface area contributed by atoms with E-state index in [-0.39, 0.29) is 23.8 Å². The first-order valence-electron chi connectivity index (χ1n) is 7.45. The van der Waals surface area contributed by atoms with E-state index in [9.17, 15) is 13.2 Å². The summed E-state index contributed by atoms with van der Waals surface area (Å²) in [5.74, 6) is 0.279. The summed E-state index contributed by atoms with van der Waals surface area (Å²) in [6.07, 6.45) is -4.77. The highest BCUT2D eigenvalue weighted by atomic mass is 19.4. The summed E-state index contributed by atoms with van der Waals surface area (Å²) < 4.78 is 47.4. The Bertz CT molecular complexity index is 688. The fraction of sp³-hybridized carbons (Fsp3) is 0.353. The number of rotatable bonds is 6. The number of ether oxygens (including phenoxy) is 2. The Labute approximate surface area is 138 Å². The fourth-order valence-electron chi connectivity index (χ4n) is 2.15. The molecular weight excluding hydrogens is 321 g/mol. The van der Waals surface area contributed by atoms with Crippen molar-refractivity contribution in [3.05, 3.63) is 47.7 Å². The van der Waals surface area contributed by atoms with Crippen molar-refractivity contribution in [3.63, 3.8) is 0 Å². The number of hydrogen-bond acceptors (Lipinski definition) is 4. The van der Waals surface area contributed by atoms with Crippen LogP contribution in [0, 0.1) is 0 Å². The largest absolute Gasteiger partial charge is 0.573 e. The molecule has 2 rings (SSSR count). The van der Waals surface area contributed by atoms with Gasteiger partial charge in [-0.1, -0.05) is 26.0 Å². The predicted molar refractivity (Wildman–Crippen MR) is 85.3 cm³/mol. The molecule has 2 aromatic rings. The van der Waals surface area contributed by atoms with Crippen molar-refractivity contribution in [2.24, 2.45) is 0 Å². The van der Waals surface area contributed by atoms with E-state index in [4.69, 9.17) is 4.74 Å². The van der Waals surface area contributed by atoms with Gasteiger partial charge in [-0.25, -0.2) is 4.98 Å². The van der Waals surface area contributed by atoms with Crippen LogP contribution in [0.15, 0.2) is 36.4 Å². The van der Waals surface area contributed by atoms with Crippen molar-refractivity contribution in [3.8, 4) is 11.6 Å². The quantitative estimate of drug-likeness (QED) is 0.826. The van der Waals surface area contributed by atoms with Gasteiger partial charge in [0, 0.05) is 24.5 Å². The first-order valence-corrected chi connectivity index (χ1v) is 7.45. The lowest BCUT2D eigenvalue weighted by molar-refractivity contribution is -0.275. The molecule has 1 aromatic heterocycles. The first-order chi connectivity index (χ1) is 11.3. The van der Waals surface area contributed by atoms with Gasteiger partial charge in [-0.05, 0) is 24.1 Å². The maximum atomic E-state index is 12.6. The Morgan fingerprint density at radius 1 is 1.12 bits per heavy atom. The molecule has 0 unspecified atom stereocenters. The average molecular weight is 340 g/mol. The minimum absolute atomic E-state index is 0.100. The zero-order chi connectivity index (χ0) is 17.7. The average Bonchev–Trinajstić information content (AvgIpc) is 2.52. The maximum absolute atomic E-state index is 12.6. The van der Waals surface area contributed by atoms with Crippen LogP contribution in [0.2, 0.25) is 0 Å². The summed E-state index contributed by atoms with van der Waals surface area (Å²) in [5, 5.41) is 2.84. The minimum atomic E-state index is -4.77. The van der Waals surface area contributed by atoms with Crippen molar-refractivity contribution in [2.75, 3.05) is 12.4 Å². The zero-order valence-electron chi connectivity index (χ0n) is 13.6. The molecule has 0 atom stereocenters. The van der Waals surface area contributed by atoms with Crippen LogP contribution in [0.5, 0.6) is 11.6 Å². The molecule has 0 fully saturated rings. The lowest BCUT2D eigenvalue weighted by atomic mass is 10.1. The predicted octanol–water partition coefficient (Wildman–Crippen LogP) is 4.72. The van der Waals surface area contributed by atoms with Gasteiger partial charge in [-0.15, -0.1) is 13.2 Å². The minimum Gasteiger partial charge on any atom is -0.473 e. The van der Waals surface area contributed by atoms with Gasteiger partial charge in [-0.2, -0.15) is 0 Å². The monoisotopic (exact) mass is 340 g/mol. The van der Waals surface area contributed by atoms with Crippen LogP contribution in [-0.2, 0) is 6.61 Å². The Kier molecular flexibility index (Phi) is 5.54. The molecule has 0 aliphatic carbocycles. The van der Waals surface area contributed by atoms with Crippen LogP contribution in [0.3, 0.4) is 0 Å². The summed E-state index contributed by atoms with van der Waals surface area (Å²) >= 11 is 0. The Morgan fingerprint density at radius 2 is 1.83 bits per heavy atom. The number of anilines is 1. The second kappa shape index (κ2) is 7.42. The molecule has 0 radical (unpaired) electrons. The number of nitrogens with one attached hydrogen (secondary N) is 1. The first kappa shape index (κ1) is 17.9. The van der Waals surface area contributed by atoms with Crippen molar-refractivity contribution in [2.45, 2.75) is 32.7 Å². The Balaban J connectivity index is 2.23. The fourth-order valence-corrected chi connectivity index (χ4v) is 2.15. The molecule has 0 amide bonds. The number of hydrogen-bond donors (Lipinski definition) is 1. The second-order valence-electron chi connectivity index (χ2n) is 5.42. The Morgan fingerprint density at radius 3 is 2.46 bits per heavy atom. The van der Waals surface area contributed by atoms with E-state index in [0.29, 0.717) is 11.6 Å². The molecule has 24 heavy (non-hydrogen) atoms. The highest BCUT2D eigenvalue weighted by Gasteiger charge is 2.32. The highest BCUT2D eigenvalue weighted by Crippen LogP contribution is 2.32. The van der Waals surface area contributed by atoms with E-state index in [1.165, 1.54) is 12.1 Å². The molecule has 7 heteroatoms. The molecule has 4 nitrogen and oxygen atoms in total. The topological polar surface area (TPSA) is 43.4 Å². The summed E-state index contributed by atoms with van der Waals surface area (Å²) in [5.41, 5.74) is 1.62. The Hall–Kier alpha value is -2.44. The lowest BCUT2D eigenvalue weighted by Crippen LogP contribution is -2.19. The molecule has 0 aliphatic heterocycles. The number of benzene rings is 1. The molecule has 0 saturated heterocycles. The van der Waals surface area contributed by atoms with E-state index in [0.717, 1.165) is 5.69 Å². The molecule has 1 aromatic carbocycles. The molecule has 0 saturated carbocycles. The van der Waals surface area contributed by atoms with Crippen molar-refractivity contribution in [1.82, 2.24) is 4.98 Å². The molecule has 0 bridgehead atoms. The molecular formula is C17H19F3N2O2. The van der Waals surface area contributed by atoms with Gasteiger partial charge < -0.3 is 14.8 Å². The van der Waals surface area contributed by atoms with Crippen molar-refractivity contribution >= 4 is 5.69 Å². The van der Waals surface area contributed by atoms with E-state index in [1.54, 1.807) is 25.2 Å².